The van der Waals surface area contributed by atoms with Gasteiger partial charge in [-0.2, -0.15) is 0 Å². The second-order valence-electron chi connectivity index (χ2n) is 4.26. The van der Waals surface area contributed by atoms with Crippen LogP contribution in [0.1, 0.15) is 23.7 Å². The van der Waals surface area contributed by atoms with Gasteiger partial charge in [0.1, 0.15) is 16.9 Å². The minimum Gasteiger partial charge on any atom is -0.493 e. The van der Waals surface area contributed by atoms with Gasteiger partial charge in [0.05, 0.1) is 13.2 Å². The Morgan fingerprint density at radius 2 is 2.14 bits per heavy atom. The Bertz CT molecular complexity index is 692. The van der Waals surface area contributed by atoms with E-state index in [4.69, 9.17) is 13.9 Å². The summed E-state index contributed by atoms with van der Waals surface area (Å²) in [6.07, 6.45) is 0.879. The van der Waals surface area contributed by atoms with Crippen molar-refractivity contribution in [1.29, 1.82) is 0 Å². The maximum absolute atomic E-state index is 11.8. The third-order valence-electron chi connectivity index (χ3n) is 2.75. The lowest BCUT2D eigenvalue weighted by atomic mass is 10.2. The van der Waals surface area contributed by atoms with Gasteiger partial charge in [0.15, 0.2) is 0 Å². The summed E-state index contributed by atoms with van der Waals surface area (Å²) in [5.74, 6) is -0.0544. The predicted octanol–water partition coefficient (Wildman–Crippen LogP) is 3.13. The molecule has 112 valence electrons. The zero-order chi connectivity index (χ0) is 15.2. The van der Waals surface area contributed by atoms with Gasteiger partial charge in [0.25, 0.3) is 0 Å². The van der Waals surface area contributed by atoms with E-state index < -0.39 is 11.6 Å². The number of benzene rings is 1. The first-order valence-corrected chi connectivity index (χ1v) is 7.71. The van der Waals surface area contributed by atoms with Crippen LogP contribution in [0.25, 0.3) is 11.0 Å². The van der Waals surface area contributed by atoms with Crippen LogP contribution >= 0.6 is 15.9 Å². The van der Waals surface area contributed by atoms with Gasteiger partial charge in [0.2, 0.25) is 0 Å². The monoisotopic (exact) mass is 354 g/mol. The predicted molar refractivity (Wildman–Crippen MR) is 82.3 cm³/mol. The van der Waals surface area contributed by atoms with Crippen LogP contribution in [-0.2, 0) is 4.74 Å². The molecule has 0 saturated carbocycles. The largest absolute Gasteiger partial charge is 0.493 e. The van der Waals surface area contributed by atoms with Gasteiger partial charge in [-0.25, -0.2) is 9.59 Å². The van der Waals surface area contributed by atoms with Crippen molar-refractivity contribution in [2.75, 3.05) is 18.5 Å². The van der Waals surface area contributed by atoms with E-state index in [2.05, 4.69) is 15.9 Å². The smallest absolute Gasteiger partial charge is 0.351 e. The number of alkyl halides is 1. The van der Waals surface area contributed by atoms with E-state index in [0.29, 0.717) is 23.3 Å². The number of hydrogen-bond acceptors (Lipinski definition) is 5. The average molecular weight is 355 g/mol. The van der Waals surface area contributed by atoms with Crippen molar-refractivity contribution in [1.82, 2.24) is 0 Å². The van der Waals surface area contributed by atoms with Gasteiger partial charge in [-0.15, -0.1) is 0 Å². The van der Waals surface area contributed by atoms with Gasteiger partial charge in [-0.3, -0.25) is 0 Å². The number of halogens is 1. The number of rotatable bonds is 6. The van der Waals surface area contributed by atoms with Crippen LogP contribution in [0.5, 0.6) is 5.75 Å². The molecule has 0 spiro atoms. The van der Waals surface area contributed by atoms with Crippen LogP contribution in [0.15, 0.2) is 33.5 Å². The van der Waals surface area contributed by atoms with Crippen LogP contribution in [0.4, 0.5) is 0 Å². The molecule has 0 N–H and O–H groups in total. The summed E-state index contributed by atoms with van der Waals surface area (Å²) in [7, 11) is 0. The fourth-order valence-electron chi connectivity index (χ4n) is 1.78. The van der Waals surface area contributed by atoms with E-state index >= 15 is 0 Å². The van der Waals surface area contributed by atoms with Gasteiger partial charge >= 0.3 is 11.6 Å². The Labute approximate surface area is 130 Å². The second kappa shape index (κ2) is 7.26. The van der Waals surface area contributed by atoms with E-state index in [1.54, 1.807) is 25.1 Å². The summed E-state index contributed by atoms with van der Waals surface area (Å²) in [4.78, 5) is 23.4. The van der Waals surface area contributed by atoms with E-state index in [0.717, 1.165) is 11.8 Å². The van der Waals surface area contributed by atoms with Crippen molar-refractivity contribution in [2.24, 2.45) is 0 Å². The van der Waals surface area contributed by atoms with Crippen molar-refractivity contribution in [3.05, 3.63) is 40.2 Å². The van der Waals surface area contributed by atoms with Gasteiger partial charge < -0.3 is 13.9 Å². The molecule has 0 fully saturated rings. The Morgan fingerprint density at radius 3 is 2.86 bits per heavy atom. The molecule has 0 aliphatic carbocycles. The van der Waals surface area contributed by atoms with E-state index in [1.165, 1.54) is 6.07 Å². The first-order valence-electron chi connectivity index (χ1n) is 6.59. The lowest BCUT2D eigenvalue weighted by molar-refractivity contribution is 0.0522. The summed E-state index contributed by atoms with van der Waals surface area (Å²) >= 11 is 3.32. The van der Waals surface area contributed by atoms with Crippen molar-refractivity contribution in [3.63, 3.8) is 0 Å². The molecule has 0 amide bonds. The summed E-state index contributed by atoms with van der Waals surface area (Å²) in [5.41, 5.74) is -0.430. The topological polar surface area (TPSA) is 65.7 Å². The summed E-state index contributed by atoms with van der Waals surface area (Å²) < 4.78 is 15.5. The first-order chi connectivity index (χ1) is 10.2. The lowest BCUT2D eigenvalue weighted by Crippen LogP contribution is -2.16. The molecule has 2 aromatic rings. The maximum atomic E-state index is 11.8. The molecule has 6 heteroatoms. The molecule has 2 rings (SSSR count). The number of fused-ring (bicyclic) bond motifs is 1. The first kappa shape index (κ1) is 15.6. The summed E-state index contributed by atoms with van der Waals surface area (Å²) in [6.45, 7) is 2.45. The third kappa shape index (κ3) is 3.85. The molecule has 0 unspecified atom stereocenters. The van der Waals surface area contributed by atoms with Crippen LogP contribution < -0.4 is 10.4 Å². The number of ether oxygens (including phenoxy) is 2. The summed E-state index contributed by atoms with van der Waals surface area (Å²) in [5, 5.41) is 1.50. The molecular weight excluding hydrogens is 340 g/mol. The minimum absolute atomic E-state index is 0.0997. The highest BCUT2D eigenvalue weighted by Gasteiger charge is 2.14. The summed E-state index contributed by atoms with van der Waals surface area (Å²) in [6, 6.07) is 6.62. The number of esters is 1. The van der Waals surface area contributed by atoms with Crippen LogP contribution in [0.2, 0.25) is 0 Å². The number of hydrogen-bond donors (Lipinski definition) is 0. The van der Waals surface area contributed by atoms with Crippen LogP contribution in [0, 0.1) is 0 Å². The molecule has 0 aliphatic rings. The Hall–Kier alpha value is -1.82. The molecule has 1 aromatic heterocycles. The molecule has 0 saturated heterocycles. The Morgan fingerprint density at radius 1 is 1.33 bits per heavy atom. The normalized spacial score (nSPS) is 10.6. The van der Waals surface area contributed by atoms with Gasteiger partial charge in [0, 0.05) is 16.8 Å². The molecule has 1 heterocycles. The quantitative estimate of drug-likeness (QED) is 0.345. The van der Waals surface area contributed by atoms with Gasteiger partial charge in [-0.05, 0) is 31.5 Å². The zero-order valence-corrected chi connectivity index (χ0v) is 13.1. The third-order valence-corrected chi connectivity index (χ3v) is 3.31. The highest BCUT2D eigenvalue weighted by atomic mass is 79.9. The van der Waals surface area contributed by atoms with Crippen molar-refractivity contribution >= 4 is 32.9 Å². The molecule has 5 nitrogen and oxygen atoms in total. The molecule has 0 bridgehead atoms. The van der Waals surface area contributed by atoms with E-state index in [9.17, 15) is 9.59 Å². The van der Waals surface area contributed by atoms with Gasteiger partial charge in [-0.1, -0.05) is 15.9 Å². The molecule has 1 aromatic carbocycles. The SMILES string of the molecule is CCOC(=O)c1cc2ccc(OCCCBr)cc2oc1=O. The van der Waals surface area contributed by atoms with Crippen LogP contribution in [0.3, 0.4) is 0 Å². The van der Waals surface area contributed by atoms with Crippen molar-refractivity contribution < 1.29 is 18.7 Å². The lowest BCUT2D eigenvalue weighted by Gasteiger charge is -2.06. The average Bonchev–Trinajstić information content (AvgIpc) is 2.47. The van der Waals surface area contributed by atoms with E-state index in [1.807, 2.05) is 0 Å². The maximum Gasteiger partial charge on any atom is 0.351 e. The highest BCUT2D eigenvalue weighted by molar-refractivity contribution is 9.09. The Kier molecular flexibility index (Phi) is 5.38. The van der Waals surface area contributed by atoms with Crippen molar-refractivity contribution in [2.45, 2.75) is 13.3 Å². The van der Waals surface area contributed by atoms with Crippen molar-refractivity contribution in [3.8, 4) is 5.75 Å². The molecule has 0 atom stereocenters. The fourth-order valence-corrected chi connectivity index (χ4v) is 2.01. The number of carbonyl (C=O) groups is 1. The van der Waals surface area contributed by atoms with Crippen LogP contribution in [-0.4, -0.2) is 24.5 Å². The second-order valence-corrected chi connectivity index (χ2v) is 5.05. The molecule has 0 aliphatic heterocycles. The molecular formula is C15H15BrO5. The fraction of sp³-hybridized carbons (Fsp3) is 0.333. The Balaban J connectivity index is 2.31. The highest BCUT2D eigenvalue weighted by Crippen LogP contribution is 2.21. The zero-order valence-electron chi connectivity index (χ0n) is 11.6. The van der Waals surface area contributed by atoms with E-state index in [-0.39, 0.29) is 12.2 Å². The minimum atomic E-state index is -0.710. The standard InChI is InChI=1S/C15H15BrO5/c1-2-19-14(17)12-8-10-4-5-11(20-7-3-6-16)9-13(10)21-15(12)18/h4-5,8-9H,2-3,6-7H2,1H3. The molecule has 0 radical (unpaired) electrons. The molecule has 21 heavy (non-hydrogen) atoms. The number of carbonyl (C=O) groups excluding carboxylic acids is 1.